The van der Waals surface area contributed by atoms with E-state index >= 15 is 0 Å². The topological polar surface area (TPSA) is 74.6 Å². The number of halogens is 3. The monoisotopic (exact) mass is 230 g/mol. The predicted octanol–water partition coefficient (Wildman–Crippen LogP) is 2.14. The zero-order valence-corrected chi connectivity index (χ0v) is 8.34. The Kier molecular flexibility index (Phi) is 7.63. The third-order valence-corrected chi connectivity index (χ3v) is 1.18. The molecule has 0 aromatic rings. The molecule has 0 aliphatic heterocycles. The molecule has 7 heteroatoms. The molecule has 2 N–H and O–H groups in total. The molecule has 0 fully saturated rings. The molecule has 0 aromatic carbocycles. The maximum Gasteiger partial charge on any atom is 0.490 e. The first-order valence-electron chi connectivity index (χ1n) is 4.09. The van der Waals surface area contributed by atoms with Crippen LogP contribution in [0.1, 0.15) is 26.7 Å². The van der Waals surface area contributed by atoms with E-state index in [1.54, 1.807) is 0 Å². The zero-order chi connectivity index (χ0) is 12.6. The SMILES string of the molecule is CC(C)CCC(=O)O.O=C(O)C(F)(F)F. The summed E-state index contributed by atoms with van der Waals surface area (Å²) in [7, 11) is 0. The Balaban J connectivity index is 0. The van der Waals surface area contributed by atoms with Gasteiger partial charge in [-0.2, -0.15) is 13.2 Å². The molecule has 0 aromatic heterocycles. The largest absolute Gasteiger partial charge is 0.490 e. The first kappa shape index (κ1) is 16.2. The van der Waals surface area contributed by atoms with E-state index in [4.69, 9.17) is 15.0 Å². The van der Waals surface area contributed by atoms with Gasteiger partial charge in [0.15, 0.2) is 0 Å². The quantitative estimate of drug-likeness (QED) is 0.778. The first-order valence-corrected chi connectivity index (χ1v) is 4.09. The van der Waals surface area contributed by atoms with Crippen molar-refractivity contribution in [1.82, 2.24) is 0 Å². The predicted molar refractivity (Wildman–Crippen MR) is 45.4 cm³/mol. The molecule has 0 aliphatic carbocycles. The van der Waals surface area contributed by atoms with Crippen LogP contribution < -0.4 is 0 Å². The smallest absolute Gasteiger partial charge is 0.481 e. The van der Waals surface area contributed by atoms with Gasteiger partial charge in [0.05, 0.1) is 0 Å². The minimum atomic E-state index is -5.08. The van der Waals surface area contributed by atoms with Crippen LogP contribution in [0.25, 0.3) is 0 Å². The molecular weight excluding hydrogens is 217 g/mol. The van der Waals surface area contributed by atoms with Crippen molar-refractivity contribution in [3.63, 3.8) is 0 Å². The van der Waals surface area contributed by atoms with E-state index in [1.807, 2.05) is 13.8 Å². The second-order valence-corrected chi connectivity index (χ2v) is 3.13. The number of carboxylic acid groups (broad SMARTS) is 2. The van der Waals surface area contributed by atoms with Gasteiger partial charge in [0.1, 0.15) is 0 Å². The van der Waals surface area contributed by atoms with Crippen LogP contribution in [0.3, 0.4) is 0 Å². The number of carbonyl (C=O) groups is 2. The van der Waals surface area contributed by atoms with Crippen LogP contribution in [0.5, 0.6) is 0 Å². The molecule has 0 atom stereocenters. The van der Waals surface area contributed by atoms with Crippen molar-refractivity contribution in [2.75, 3.05) is 0 Å². The highest BCUT2D eigenvalue weighted by atomic mass is 19.4. The van der Waals surface area contributed by atoms with Gasteiger partial charge < -0.3 is 10.2 Å². The van der Waals surface area contributed by atoms with Crippen LogP contribution in [0.15, 0.2) is 0 Å². The number of carboxylic acids is 2. The Morgan fingerprint density at radius 1 is 1.20 bits per heavy atom. The average Bonchev–Trinajstić information content (AvgIpc) is 2.00. The number of alkyl halides is 3. The van der Waals surface area contributed by atoms with Crippen molar-refractivity contribution < 1.29 is 33.0 Å². The normalized spacial score (nSPS) is 10.5. The van der Waals surface area contributed by atoms with Gasteiger partial charge in [0, 0.05) is 6.42 Å². The van der Waals surface area contributed by atoms with E-state index in [1.165, 1.54) is 0 Å². The van der Waals surface area contributed by atoms with Gasteiger partial charge in [0.25, 0.3) is 0 Å². The van der Waals surface area contributed by atoms with Crippen LogP contribution in [0.2, 0.25) is 0 Å². The van der Waals surface area contributed by atoms with Gasteiger partial charge in [-0.1, -0.05) is 13.8 Å². The molecule has 0 amide bonds. The standard InChI is InChI=1S/C6H12O2.C2HF3O2/c1-5(2)3-4-6(7)8;3-2(4,5)1(6)7/h5H,3-4H2,1-2H3,(H,7,8);(H,6,7). The fraction of sp³-hybridized carbons (Fsp3) is 0.750. The maximum absolute atomic E-state index is 10.6. The van der Waals surface area contributed by atoms with Crippen molar-refractivity contribution in [3.05, 3.63) is 0 Å². The molecule has 0 heterocycles. The van der Waals surface area contributed by atoms with Crippen LogP contribution in [-0.4, -0.2) is 28.3 Å². The van der Waals surface area contributed by atoms with Crippen LogP contribution in [0.4, 0.5) is 13.2 Å². The Morgan fingerprint density at radius 3 is 1.60 bits per heavy atom. The third kappa shape index (κ3) is 15.5. The summed E-state index contributed by atoms with van der Waals surface area (Å²) >= 11 is 0. The summed E-state index contributed by atoms with van der Waals surface area (Å²) in [5, 5.41) is 15.3. The molecule has 0 spiro atoms. The van der Waals surface area contributed by atoms with E-state index in [2.05, 4.69) is 0 Å². The van der Waals surface area contributed by atoms with E-state index in [0.29, 0.717) is 12.3 Å². The highest BCUT2D eigenvalue weighted by Gasteiger charge is 2.38. The minimum absolute atomic E-state index is 0.303. The summed E-state index contributed by atoms with van der Waals surface area (Å²) < 4.78 is 31.7. The molecule has 0 rings (SSSR count). The molecule has 0 aliphatic rings. The molecule has 0 radical (unpaired) electrons. The van der Waals surface area contributed by atoms with Crippen molar-refractivity contribution >= 4 is 11.9 Å². The number of rotatable bonds is 3. The van der Waals surface area contributed by atoms with Crippen molar-refractivity contribution in [2.24, 2.45) is 5.92 Å². The lowest BCUT2D eigenvalue weighted by molar-refractivity contribution is -0.192. The molecule has 0 bridgehead atoms. The lowest BCUT2D eigenvalue weighted by Gasteiger charge is -1.97. The lowest BCUT2D eigenvalue weighted by Crippen LogP contribution is -2.21. The average molecular weight is 230 g/mol. The molecule has 0 saturated carbocycles. The van der Waals surface area contributed by atoms with Gasteiger partial charge in [-0.3, -0.25) is 4.79 Å². The third-order valence-electron chi connectivity index (χ3n) is 1.18. The van der Waals surface area contributed by atoms with Gasteiger partial charge >= 0.3 is 18.1 Å². The summed E-state index contributed by atoms with van der Waals surface area (Å²) in [5.74, 6) is -2.95. The first-order chi connectivity index (χ1) is 6.57. The summed E-state index contributed by atoms with van der Waals surface area (Å²) in [5.41, 5.74) is 0. The van der Waals surface area contributed by atoms with Gasteiger partial charge in [-0.15, -0.1) is 0 Å². The summed E-state index contributed by atoms with van der Waals surface area (Å²) in [6.45, 7) is 4.03. The number of hydrogen-bond acceptors (Lipinski definition) is 2. The summed E-state index contributed by atoms with van der Waals surface area (Å²) in [4.78, 5) is 18.8. The Hall–Kier alpha value is -1.27. The van der Waals surface area contributed by atoms with Crippen LogP contribution >= 0.6 is 0 Å². The molecule has 90 valence electrons. The van der Waals surface area contributed by atoms with Crippen molar-refractivity contribution in [1.29, 1.82) is 0 Å². The summed E-state index contributed by atoms with van der Waals surface area (Å²) in [6.07, 6.45) is -3.99. The van der Waals surface area contributed by atoms with Gasteiger partial charge in [0.2, 0.25) is 0 Å². The van der Waals surface area contributed by atoms with E-state index < -0.39 is 18.1 Å². The van der Waals surface area contributed by atoms with Gasteiger partial charge in [-0.05, 0) is 12.3 Å². The molecular formula is C8H13F3O4. The molecule has 4 nitrogen and oxygen atoms in total. The van der Waals surface area contributed by atoms with Gasteiger partial charge in [-0.25, -0.2) is 4.79 Å². The Morgan fingerprint density at radius 2 is 1.53 bits per heavy atom. The fourth-order valence-corrected chi connectivity index (χ4v) is 0.412. The Bertz CT molecular complexity index is 210. The minimum Gasteiger partial charge on any atom is -0.481 e. The molecule has 15 heavy (non-hydrogen) atoms. The Labute approximate surface area is 84.7 Å². The fourth-order valence-electron chi connectivity index (χ4n) is 0.412. The lowest BCUT2D eigenvalue weighted by atomic mass is 10.1. The zero-order valence-electron chi connectivity index (χ0n) is 8.34. The molecule has 0 saturated heterocycles. The van der Waals surface area contributed by atoms with Crippen molar-refractivity contribution in [3.8, 4) is 0 Å². The highest BCUT2D eigenvalue weighted by Crippen LogP contribution is 2.13. The number of aliphatic carboxylic acids is 2. The van der Waals surface area contributed by atoms with E-state index in [-0.39, 0.29) is 0 Å². The molecule has 0 unspecified atom stereocenters. The van der Waals surface area contributed by atoms with Crippen LogP contribution in [-0.2, 0) is 9.59 Å². The second-order valence-electron chi connectivity index (χ2n) is 3.13. The van der Waals surface area contributed by atoms with Crippen LogP contribution in [0, 0.1) is 5.92 Å². The number of hydrogen-bond donors (Lipinski definition) is 2. The maximum atomic E-state index is 10.6. The second kappa shape index (κ2) is 7.08. The highest BCUT2D eigenvalue weighted by molar-refractivity contribution is 5.73. The summed E-state index contributed by atoms with van der Waals surface area (Å²) in [6, 6.07) is 0. The van der Waals surface area contributed by atoms with E-state index in [9.17, 15) is 18.0 Å². The van der Waals surface area contributed by atoms with E-state index in [0.717, 1.165) is 6.42 Å². The van der Waals surface area contributed by atoms with Crippen molar-refractivity contribution in [2.45, 2.75) is 32.9 Å².